The molecule has 0 radical (unpaired) electrons. The molecule has 1 aromatic rings. The van der Waals surface area contributed by atoms with Crippen LogP contribution in [-0.4, -0.2) is 36.1 Å². The molecule has 2 rings (SSSR count). The number of nitriles is 1. The summed E-state index contributed by atoms with van der Waals surface area (Å²) in [4.78, 5) is 6.19. The molecule has 0 saturated carbocycles. The number of hydrogen-bond acceptors (Lipinski definition) is 5. The summed E-state index contributed by atoms with van der Waals surface area (Å²) in [6.45, 7) is 1.70. The number of likely N-dealkylation sites (N-methyl/N-ethyl adjacent to an activating group) is 1. The molecule has 1 aliphatic heterocycles. The Bertz CT molecular complexity index is 455. The van der Waals surface area contributed by atoms with Crippen LogP contribution in [0.4, 0.5) is 5.82 Å². The predicted octanol–water partition coefficient (Wildman–Crippen LogP) is 1.40. The van der Waals surface area contributed by atoms with Gasteiger partial charge in [-0.3, -0.25) is 0 Å². The van der Waals surface area contributed by atoms with E-state index < -0.39 is 0 Å². The minimum atomic E-state index is 0.376. The van der Waals surface area contributed by atoms with Crippen LogP contribution in [0, 0.1) is 11.3 Å². The zero-order chi connectivity index (χ0) is 13.0. The predicted molar refractivity (Wildman–Crippen MR) is 69.1 cm³/mol. The fourth-order valence-corrected chi connectivity index (χ4v) is 2.20. The van der Waals surface area contributed by atoms with Gasteiger partial charge in [0.15, 0.2) is 0 Å². The molecule has 2 N–H and O–H groups in total. The lowest BCUT2D eigenvalue weighted by Gasteiger charge is -2.32. The SMILES string of the molecule is CN1CCCCC1COc1cc(N)ncc1C#N. The summed E-state index contributed by atoms with van der Waals surface area (Å²) in [6.07, 6.45) is 5.08. The lowest BCUT2D eigenvalue weighted by molar-refractivity contribution is 0.125. The number of rotatable bonds is 3. The van der Waals surface area contributed by atoms with Gasteiger partial charge in [0.25, 0.3) is 0 Å². The van der Waals surface area contributed by atoms with Gasteiger partial charge < -0.3 is 15.4 Å². The van der Waals surface area contributed by atoms with Crippen LogP contribution in [-0.2, 0) is 0 Å². The highest BCUT2D eigenvalue weighted by Crippen LogP contribution is 2.21. The van der Waals surface area contributed by atoms with Crippen LogP contribution in [0.1, 0.15) is 24.8 Å². The molecule has 0 aromatic carbocycles. The second-order valence-corrected chi connectivity index (χ2v) is 4.66. The Morgan fingerprint density at radius 2 is 2.44 bits per heavy atom. The average molecular weight is 246 g/mol. The van der Waals surface area contributed by atoms with E-state index in [9.17, 15) is 0 Å². The summed E-state index contributed by atoms with van der Waals surface area (Å²) in [5, 5.41) is 8.98. The van der Waals surface area contributed by atoms with Crippen LogP contribution in [0.3, 0.4) is 0 Å². The number of piperidine rings is 1. The second kappa shape index (κ2) is 5.69. The first-order chi connectivity index (χ1) is 8.70. The van der Waals surface area contributed by atoms with E-state index in [4.69, 9.17) is 15.7 Å². The molecule has 5 nitrogen and oxygen atoms in total. The van der Waals surface area contributed by atoms with Crippen LogP contribution in [0.15, 0.2) is 12.3 Å². The van der Waals surface area contributed by atoms with Crippen molar-refractivity contribution in [2.45, 2.75) is 25.3 Å². The number of hydrogen-bond donors (Lipinski definition) is 1. The van der Waals surface area contributed by atoms with Gasteiger partial charge in [-0.2, -0.15) is 5.26 Å². The van der Waals surface area contributed by atoms with Crippen molar-refractivity contribution in [3.63, 3.8) is 0 Å². The van der Waals surface area contributed by atoms with Gasteiger partial charge in [-0.25, -0.2) is 4.98 Å². The van der Waals surface area contributed by atoms with Crippen molar-refractivity contribution in [2.24, 2.45) is 0 Å². The largest absolute Gasteiger partial charge is 0.490 e. The molecule has 96 valence electrons. The second-order valence-electron chi connectivity index (χ2n) is 4.66. The highest BCUT2D eigenvalue weighted by Gasteiger charge is 2.19. The summed E-state index contributed by atoms with van der Waals surface area (Å²) in [6, 6.07) is 4.09. The lowest BCUT2D eigenvalue weighted by Crippen LogP contribution is -2.40. The first-order valence-corrected chi connectivity index (χ1v) is 6.19. The van der Waals surface area contributed by atoms with Crippen molar-refractivity contribution < 1.29 is 4.74 Å². The molecule has 1 aliphatic rings. The molecular weight excluding hydrogens is 228 g/mol. The maximum Gasteiger partial charge on any atom is 0.142 e. The molecule has 0 amide bonds. The zero-order valence-corrected chi connectivity index (χ0v) is 10.6. The first-order valence-electron chi connectivity index (χ1n) is 6.19. The van der Waals surface area contributed by atoms with Gasteiger partial charge in [-0.15, -0.1) is 0 Å². The van der Waals surface area contributed by atoms with Crippen LogP contribution >= 0.6 is 0 Å². The van der Waals surface area contributed by atoms with E-state index >= 15 is 0 Å². The highest BCUT2D eigenvalue weighted by molar-refractivity contribution is 5.47. The van der Waals surface area contributed by atoms with Crippen LogP contribution in [0.25, 0.3) is 0 Å². The van der Waals surface area contributed by atoms with E-state index in [1.807, 2.05) is 0 Å². The summed E-state index contributed by atoms with van der Waals surface area (Å²) >= 11 is 0. The van der Waals surface area contributed by atoms with Crippen molar-refractivity contribution >= 4 is 5.82 Å². The minimum Gasteiger partial charge on any atom is -0.490 e. The Morgan fingerprint density at radius 3 is 3.17 bits per heavy atom. The number of nitrogen functional groups attached to an aromatic ring is 1. The van der Waals surface area contributed by atoms with E-state index in [1.54, 1.807) is 6.07 Å². The number of likely N-dealkylation sites (tertiary alicyclic amines) is 1. The van der Waals surface area contributed by atoms with E-state index in [0.29, 0.717) is 29.8 Å². The van der Waals surface area contributed by atoms with E-state index in [-0.39, 0.29) is 0 Å². The maximum atomic E-state index is 8.98. The Morgan fingerprint density at radius 1 is 1.61 bits per heavy atom. The van der Waals surface area contributed by atoms with Gasteiger partial charge >= 0.3 is 0 Å². The zero-order valence-electron chi connectivity index (χ0n) is 10.6. The van der Waals surface area contributed by atoms with Crippen molar-refractivity contribution in [3.8, 4) is 11.8 Å². The smallest absolute Gasteiger partial charge is 0.142 e. The van der Waals surface area contributed by atoms with Gasteiger partial charge in [-0.05, 0) is 26.4 Å². The number of ether oxygens (including phenoxy) is 1. The Hall–Kier alpha value is -1.80. The molecule has 1 atom stereocenters. The van der Waals surface area contributed by atoms with Crippen molar-refractivity contribution in [1.82, 2.24) is 9.88 Å². The Balaban J connectivity index is 2.01. The van der Waals surface area contributed by atoms with Gasteiger partial charge in [-0.1, -0.05) is 6.42 Å². The average Bonchev–Trinajstić information content (AvgIpc) is 2.38. The topological polar surface area (TPSA) is 75.2 Å². The van der Waals surface area contributed by atoms with E-state index in [1.165, 1.54) is 19.0 Å². The summed E-state index contributed by atoms with van der Waals surface area (Å²) in [5.41, 5.74) is 6.04. The molecule has 1 fully saturated rings. The van der Waals surface area contributed by atoms with Gasteiger partial charge in [0.05, 0.1) is 6.20 Å². The summed E-state index contributed by atoms with van der Waals surface area (Å²) in [5.74, 6) is 0.907. The fourth-order valence-electron chi connectivity index (χ4n) is 2.20. The number of anilines is 1. The van der Waals surface area contributed by atoms with Gasteiger partial charge in [0.1, 0.15) is 29.8 Å². The van der Waals surface area contributed by atoms with E-state index in [2.05, 4.69) is 23.0 Å². The Labute approximate surface area is 107 Å². The number of nitrogens with zero attached hydrogens (tertiary/aromatic N) is 3. The lowest BCUT2D eigenvalue weighted by atomic mass is 10.0. The summed E-state index contributed by atoms with van der Waals surface area (Å²) < 4.78 is 5.73. The third kappa shape index (κ3) is 2.90. The van der Waals surface area contributed by atoms with Crippen molar-refractivity contribution in [1.29, 1.82) is 5.26 Å². The van der Waals surface area contributed by atoms with Crippen LogP contribution in [0.2, 0.25) is 0 Å². The third-order valence-corrected chi connectivity index (χ3v) is 3.36. The Kier molecular flexibility index (Phi) is 4.00. The molecule has 1 unspecified atom stereocenters. The number of pyridine rings is 1. The third-order valence-electron chi connectivity index (χ3n) is 3.36. The van der Waals surface area contributed by atoms with Gasteiger partial charge in [0.2, 0.25) is 0 Å². The summed E-state index contributed by atoms with van der Waals surface area (Å²) in [7, 11) is 2.11. The molecule has 0 spiro atoms. The maximum absolute atomic E-state index is 8.98. The first kappa shape index (κ1) is 12.7. The molecule has 1 aromatic heterocycles. The van der Waals surface area contributed by atoms with E-state index in [0.717, 1.165) is 13.0 Å². The number of nitrogens with two attached hydrogens (primary N) is 1. The fraction of sp³-hybridized carbons (Fsp3) is 0.538. The van der Waals surface area contributed by atoms with Crippen molar-refractivity contribution in [2.75, 3.05) is 25.9 Å². The quantitative estimate of drug-likeness (QED) is 0.872. The highest BCUT2D eigenvalue weighted by atomic mass is 16.5. The van der Waals surface area contributed by atoms with Crippen LogP contribution < -0.4 is 10.5 Å². The minimum absolute atomic E-state index is 0.376. The standard InChI is InChI=1S/C13H18N4O/c1-17-5-3-2-4-11(17)9-18-12-6-13(15)16-8-10(12)7-14/h6,8,11H,2-5,9H2,1H3,(H2,15,16). The molecule has 5 heteroatoms. The van der Waals surface area contributed by atoms with Crippen LogP contribution in [0.5, 0.6) is 5.75 Å². The van der Waals surface area contributed by atoms with Gasteiger partial charge in [0, 0.05) is 12.1 Å². The molecule has 2 heterocycles. The molecule has 1 saturated heterocycles. The molecule has 18 heavy (non-hydrogen) atoms. The number of aromatic nitrogens is 1. The molecule has 0 aliphatic carbocycles. The molecular formula is C13H18N4O. The molecule has 0 bridgehead atoms. The van der Waals surface area contributed by atoms with Crippen molar-refractivity contribution in [3.05, 3.63) is 17.8 Å². The normalized spacial score (nSPS) is 20.3. The monoisotopic (exact) mass is 246 g/mol.